The van der Waals surface area contributed by atoms with Gasteiger partial charge in [-0.3, -0.25) is 5.32 Å². The highest BCUT2D eigenvalue weighted by atomic mass is 32.1. The van der Waals surface area contributed by atoms with E-state index in [1.807, 2.05) is 6.07 Å². The van der Waals surface area contributed by atoms with Crippen LogP contribution in [0.15, 0.2) is 30.3 Å². The number of ether oxygens (including phenoxy) is 2. The molecule has 0 atom stereocenters. The lowest BCUT2D eigenvalue weighted by Crippen LogP contribution is -2.18. The van der Waals surface area contributed by atoms with Crippen molar-refractivity contribution >= 4 is 28.4 Å². The predicted molar refractivity (Wildman–Crippen MR) is 83.8 cm³/mol. The summed E-state index contributed by atoms with van der Waals surface area (Å²) in [6.45, 7) is 0. The van der Waals surface area contributed by atoms with E-state index in [0.29, 0.717) is 16.3 Å². The van der Waals surface area contributed by atoms with Crippen LogP contribution in [0.5, 0.6) is 5.75 Å². The summed E-state index contributed by atoms with van der Waals surface area (Å²) in [5.74, 6) is 0.0260. The molecule has 0 radical (unpaired) electrons. The summed E-state index contributed by atoms with van der Waals surface area (Å²) in [5.41, 5.74) is 1.46. The van der Waals surface area contributed by atoms with Crippen molar-refractivity contribution in [3.8, 4) is 5.75 Å². The van der Waals surface area contributed by atoms with E-state index in [1.54, 1.807) is 24.3 Å². The number of methoxy groups -OCH3 is 1. The predicted octanol–water partition coefficient (Wildman–Crippen LogP) is 3.63. The van der Waals surface area contributed by atoms with Crippen LogP contribution >= 0.6 is 11.3 Å². The van der Waals surface area contributed by atoms with Gasteiger partial charge in [0.15, 0.2) is 0 Å². The lowest BCUT2D eigenvalue weighted by atomic mass is 10.1. The molecule has 0 saturated carbocycles. The number of hydrogen-bond acceptors (Lipinski definition) is 5. The van der Waals surface area contributed by atoms with Crippen molar-refractivity contribution in [2.75, 3.05) is 12.4 Å². The van der Waals surface area contributed by atoms with Crippen LogP contribution in [0.3, 0.4) is 0 Å². The summed E-state index contributed by atoms with van der Waals surface area (Å²) in [7, 11) is 1.34. The number of fused-ring (bicyclic) bond motifs is 1. The molecule has 0 unspecified atom stereocenters. The monoisotopic (exact) mass is 317 g/mol. The number of benzene rings is 1. The van der Waals surface area contributed by atoms with Gasteiger partial charge in [0.25, 0.3) is 0 Å². The van der Waals surface area contributed by atoms with Crippen molar-refractivity contribution in [1.82, 2.24) is 0 Å². The van der Waals surface area contributed by atoms with E-state index in [9.17, 15) is 9.59 Å². The van der Waals surface area contributed by atoms with Crippen LogP contribution in [-0.2, 0) is 17.6 Å². The van der Waals surface area contributed by atoms with Gasteiger partial charge in [0.2, 0.25) is 0 Å². The Morgan fingerprint density at radius 1 is 1.18 bits per heavy atom. The molecule has 22 heavy (non-hydrogen) atoms. The molecule has 1 aromatic carbocycles. The van der Waals surface area contributed by atoms with Crippen molar-refractivity contribution in [3.63, 3.8) is 0 Å². The Morgan fingerprint density at radius 3 is 2.68 bits per heavy atom. The van der Waals surface area contributed by atoms with Crippen LogP contribution in [0.4, 0.5) is 9.80 Å². The van der Waals surface area contributed by atoms with E-state index in [2.05, 4.69) is 5.32 Å². The van der Waals surface area contributed by atoms with Crippen molar-refractivity contribution in [1.29, 1.82) is 0 Å². The van der Waals surface area contributed by atoms with Gasteiger partial charge in [-0.2, -0.15) is 0 Å². The van der Waals surface area contributed by atoms with Gasteiger partial charge < -0.3 is 9.47 Å². The fraction of sp³-hybridized carbons (Fsp3) is 0.250. The molecule has 1 aromatic heterocycles. The second kappa shape index (κ2) is 6.19. The van der Waals surface area contributed by atoms with Crippen LogP contribution in [0.25, 0.3) is 0 Å². The molecule has 1 aliphatic carbocycles. The van der Waals surface area contributed by atoms with Gasteiger partial charge in [0.05, 0.1) is 12.7 Å². The van der Waals surface area contributed by atoms with Crippen molar-refractivity contribution in [2.24, 2.45) is 0 Å². The summed E-state index contributed by atoms with van der Waals surface area (Å²) < 4.78 is 10.0. The minimum atomic E-state index is -0.615. The first-order valence-electron chi connectivity index (χ1n) is 6.95. The van der Waals surface area contributed by atoms with E-state index in [-0.39, 0.29) is 0 Å². The first-order chi connectivity index (χ1) is 10.7. The first kappa shape index (κ1) is 14.6. The van der Waals surface area contributed by atoms with E-state index in [0.717, 1.165) is 29.7 Å². The molecule has 0 saturated heterocycles. The van der Waals surface area contributed by atoms with Gasteiger partial charge in [0.1, 0.15) is 10.8 Å². The van der Waals surface area contributed by atoms with E-state index < -0.39 is 12.1 Å². The van der Waals surface area contributed by atoms with E-state index in [4.69, 9.17) is 9.47 Å². The number of carbonyl (C=O) groups is 2. The maximum absolute atomic E-state index is 12.0. The summed E-state index contributed by atoms with van der Waals surface area (Å²) in [6, 6.07) is 8.78. The molecule has 1 amide bonds. The third-order valence-electron chi connectivity index (χ3n) is 3.48. The Hall–Kier alpha value is -2.34. The van der Waals surface area contributed by atoms with E-state index in [1.165, 1.54) is 18.4 Å². The molecule has 6 heteroatoms. The second-order valence-electron chi connectivity index (χ2n) is 4.88. The normalized spacial score (nSPS) is 12.6. The molecule has 1 heterocycles. The van der Waals surface area contributed by atoms with Gasteiger partial charge in [-0.15, -0.1) is 11.3 Å². The number of esters is 1. The molecule has 0 bridgehead atoms. The van der Waals surface area contributed by atoms with Crippen LogP contribution in [0.1, 0.15) is 27.2 Å². The maximum Gasteiger partial charge on any atom is 0.417 e. The summed E-state index contributed by atoms with van der Waals surface area (Å²) in [6.07, 6.45) is 2.18. The highest BCUT2D eigenvalue weighted by Gasteiger charge is 2.28. The van der Waals surface area contributed by atoms with Crippen LogP contribution in [-0.4, -0.2) is 19.2 Å². The fourth-order valence-corrected chi connectivity index (χ4v) is 3.79. The molecule has 0 spiro atoms. The summed E-state index contributed by atoms with van der Waals surface area (Å²) >= 11 is 1.42. The summed E-state index contributed by atoms with van der Waals surface area (Å²) in [4.78, 5) is 25.1. The number of thiophene rings is 1. The molecule has 1 aliphatic rings. The highest BCUT2D eigenvalue weighted by molar-refractivity contribution is 7.17. The average molecular weight is 317 g/mol. The van der Waals surface area contributed by atoms with Crippen molar-refractivity contribution in [2.45, 2.75) is 19.3 Å². The topological polar surface area (TPSA) is 64.6 Å². The Labute approximate surface area is 131 Å². The number of aryl methyl sites for hydroxylation is 1. The standard InChI is InChI=1S/C16H15NO4S/c1-20-15(18)13-11-8-5-9-12(11)22-14(13)17-16(19)21-10-6-3-2-4-7-10/h2-4,6-7H,5,8-9H2,1H3,(H,17,19). The number of rotatable bonds is 3. The smallest absolute Gasteiger partial charge is 0.417 e. The molecule has 0 fully saturated rings. The zero-order valence-electron chi connectivity index (χ0n) is 12.0. The van der Waals surface area contributed by atoms with Gasteiger partial charge in [-0.1, -0.05) is 18.2 Å². The van der Waals surface area contributed by atoms with Gasteiger partial charge in [0, 0.05) is 4.88 Å². The van der Waals surface area contributed by atoms with Crippen LogP contribution < -0.4 is 10.1 Å². The van der Waals surface area contributed by atoms with Gasteiger partial charge >= 0.3 is 12.1 Å². The Balaban J connectivity index is 1.80. The number of nitrogens with one attached hydrogen (secondary N) is 1. The number of anilines is 1. The number of amides is 1. The molecular formula is C16H15NO4S. The summed E-state index contributed by atoms with van der Waals surface area (Å²) in [5, 5.41) is 3.16. The Bertz CT molecular complexity index is 708. The Kier molecular flexibility index (Phi) is 4.11. The maximum atomic E-state index is 12.0. The number of hydrogen-bond donors (Lipinski definition) is 1. The molecule has 2 aromatic rings. The quantitative estimate of drug-likeness (QED) is 0.878. The Morgan fingerprint density at radius 2 is 1.95 bits per heavy atom. The zero-order chi connectivity index (χ0) is 15.5. The second-order valence-corrected chi connectivity index (χ2v) is 5.99. The molecule has 1 N–H and O–H groups in total. The average Bonchev–Trinajstić information content (AvgIpc) is 3.08. The SMILES string of the molecule is COC(=O)c1c(NC(=O)Oc2ccccc2)sc2c1CCC2. The third kappa shape index (κ3) is 2.82. The molecule has 0 aliphatic heterocycles. The lowest BCUT2D eigenvalue weighted by Gasteiger charge is -2.07. The first-order valence-corrected chi connectivity index (χ1v) is 7.77. The molecule has 5 nitrogen and oxygen atoms in total. The fourth-order valence-electron chi connectivity index (χ4n) is 2.52. The molecule has 114 valence electrons. The minimum absolute atomic E-state index is 0.422. The minimum Gasteiger partial charge on any atom is -0.465 e. The van der Waals surface area contributed by atoms with Crippen LogP contribution in [0, 0.1) is 0 Å². The zero-order valence-corrected chi connectivity index (χ0v) is 12.9. The van der Waals surface area contributed by atoms with Crippen molar-refractivity contribution in [3.05, 3.63) is 46.3 Å². The van der Waals surface area contributed by atoms with Crippen LogP contribution in [0.2, 0.25) is 0 Å². The van der Waals surface area contributed by atoms with Gasteiger partial charge in [-0.05, 0) is 37.0 Å². The lowest BCUT2D eigenvalue weighted by molar-refractivity contribution is 0.0601. The number of para-hydroxylation sites is 1. The van der Waals surface area contributed by atoms with Crippen molar-refractivity contribution < 1.29 is 19.1 Å². The molecule has 3 rings (SSSR count). The van der Waals surface area contributed by atoms with Gasteiger partial charge in [-0.25, -0.2) is 9.59 Å². The third-order valence-corrected chi connectivity index (χ3v) is 4.69. The highest BCUT2D eigenvalue weighted by Crippen LogP contribution is 2.39. The molecular weight excluding hydrogens is 302 g/mol. The number of carbonyl (C=O) groups excluding carboxylic acids is 2. The largest absolute Gasteiger partial charge is 0.465 e. The van der Waals surface area contributed by atoms with E-state index >= 15 is 0 Å².